The predicted octanol–water partition coefficient (Wildman–Crippen LogP) is 2.80. The van der Waals surface area contributed by atoms with Gasteiger partial charge in [0.25, 0.3) is 0 Å². The minimum absolute atomic E-state index is 0.0293. The summed E-state index contributed by atoms with van der Waals surface area (Å²) >= 11 is 1.56. The van der Waals surface area contributed by atoms with Gasteiger partial charge >= 0.3 is 0 Å². The Kier molecular flexibility index (Phi) is 4.52. The van der Waals surface area contributed by atoms with Gasteiger partial charge in [0.15, 0.2) is 0 Å². The zero-order valence-electron chi connectivity index (χ0n) is 10.8. The highest BCUT2D eigenvalue weighted by Gasteiger charge is 2.15. The zero-order valence-corrected chi connectivity index (χ0v) is 11.7. The molecule has 2 rings (SSSR count). The van der Waals surface area contributed by atoms with Gasteiger partial charge in [0.05, 0.1) is 29.9 Å². The van der Waals surface area contributed by atoms with Gasteiger partial charge in [-0.1, -0.05) is 6.08 Å². The van der Waals surface area contributed by atoms with Crippen LogP contribution in [0, 0.1) is 6.92 Å². The molecule has 0 N–H and O–H groups in total. The van der Waals surface area contributed by atoms with Crippen molar-refractivity contribution < 1.29 is 9.21 Å². The lowest BCUT2D eigenvalue weighted by Gasteiger charge is -2.19. The van der Waals surface area contributed by atoms with Crippen LogP contribution in [-0.2, 0) is 17.8 Å². The van der Waals surface area contributed by atoms with Gasteiger partial charge < -0.3 is 9.32 Å². The number of nitrogens with zero attached hydrogens (tertiary/aromatic N) is 2. The minimum atomic E-state index is 0.0293. The van der Waals surface area contributed by atoms with Crippen LogP contribution in [0.25, 0.3) is 0 Å². The Hall–Kier alpha value is -1.88. The summed E-state index contributed by atoms with van der Waals surface area (Å²) < 4.78 is 5.27. The smallest absolute Gasteiger partial charge is 0.229 e. The lowest BCUT2D eigenvalue weighted by Crippen LogP contribution is -2.31. The summed E-state index contributed by atoms with van der Waals surface area (Å²) in [4.78, 5) is 18.3. The van der Waals surface area contributed by atoms with E-state index in [1.165, 1.54) is 0 Å². The van der Waals surface area contributed by atoms with E-state index in [-0.39, 0.29) is 5.91 Å². The lowest BCUT2D eigenvalue weighted by atomic mass is 10.2. The van der Waals surface area contributed by atoms with Gasteiger partial charge in [-0.3, -0.25) is 4.79 Å². The monoisotopic (exact) mass is 276 g/mol. The fourth-order valence-electron chi connectivity index (χ4n) is 1.76. The van der Waals surface area contributed by atoms with Crippen LogP contribution in [0.15, 0.2) is 40.8 Å². The quantitative estimate of drug-likeness (QED) is 0.762. The number of rotatable bonds is 6. The van der Waals surface area contributed by atoms with E-state index in [4.69, 9.17) is 4.42 Å². The first-order chi connectivity index (χ1) is 9.19. The molecule has 0 aliphatic carbocycles. The van der Waals surface area contributed by atoms with E-state index in [0.717, 1.165) is 16.5 Å². The number of thiazole rings is 1. The van der Waals surface area contributed by atoms with E-state index in [2.05, 4.69) is 11.6 Å². The van der Waals surface area contributed by atoms with E-state index < -0.39 is 0 Å². The molecule has 19 heavy (non-hydrogen) atoms. The first kappa shape index (κ1) is 13.5. The van der Waals surface area contributed by atoms with Crippen LogP contribution in [-0.4, -0.2) is 22.3 Å². The Morgan fingerprint density at radius 2 is 2.47 bits per heavy atom. The number of aromatic nitrogens is 1. The molecule has 0 unspecified atom stereocenters. The number of amides is 1. The van der Waals surface area contributed by atoms with Crippen molar-refractivity contribution in [1.82, 2.24) is 9.88 Å². The van der Waals surface area contributed by atoms with Gasteiger partial charge in [-0.05, 0) is 19.1 Å². The number of hydrogen-bond acceptors (Lipinski definition) is 4. The second-order valence-corrected chi connectivity index (χ2v) is 5.24. The van der Waals surface area contributed by atoms with E-state index in [1.54, 1.807) is 28.6 Å². The molecule has 0 aliphatic rings. The average Bonchev–Trinajstić information content (AvgIpc) is 3.01. The third kappa shape index (κ3) is 3.79. The molecule has 0 spiro atoms. The summed E-state index contributed by atoms with van der Waals surface area (Å²) in [6, 6.07) is 3.67. The molecule has 0 saturated heterocycles. The Bertz CT molecular complexity index is 546. The summed E-state index contributed by atoms with van der Waals surface area (Å²) in [5.74, 6) is 0.797. The predicted molar refractivity (Wildman–Crippen MR) is 74.9 cm³/mol. The number of furan rings is 1. The average molecular weight is 276 g/mol. The van der Waals surface area contributed by atoms with Crippen LogP contribution in [0.2, 0.25) is 0 Å². The topological polar surface area (TPSA) is 46.3 Å². The van der Waals surface area contributed by atoms with Crippen LogP contribution < -0.4 is 0 Å². The number of carbonyl (C=O) groups is 1. The normalized spacial score (nSPS) is 10.4. The highest BCUT2D eigenvalue weighted by molar-refractivity contribution is 7.09. The van der Waals surface area contributed by atoms with Crippen LogP contribution >= 0.6 is 11.3 Å². The number of hydrogen-bond donors (Lipinski definition) is 0. The molecule has 0 aromatic carbocycles. The third-order valence-electron chi connectivity index (χ3n) is 2.63. The summed E-state index contributed by atoms with van der Waals surface area (Å²) in [5.41, 5.74) is 0.820. The third-order valence-corrected chi connectivity index (χ3v) is 3.45. The van der Waals surface area contributed by atoms with E-state index in [9.17, 15) is 4.79 Å². The Balaban J connectivity index is 2.01. The highest BCUT2D eigenvalue weighted by atomic mass is 32.1. The largest absolute Gasteiger partial charge is 0.467 e. The second-order valence-electron chi connectivity index (χ2n) is 4.18. The summed E-state index contributed by atoms with van der Waals surface area (Å²) in [5, 5.41) is 2.90. The van der Waals surface area contributed by atoms with Crippen LogP contribution in [0.1, 0.15) is 16.5 Å². The Labute approximate surface area is 116 Å². The maximum atomic E-state index is 12.2. The van der Waals surface area contributed by atoms with Crippen molar-refractivity contribution in [2.45, 2.75) is 19.9 Å². The van der Waals surface area contributed by atoms with Crippen LogP contribution in [0.3, 0.4) is 0 Å². The fraction of sp³-hybridized carbons (Fsp3) is 0.286. The van der Waals surface area contributed by atoms with Crippen molar-refractivity contribution in [3.63, 3.8) is 0 Å². The van der Waals surface area contributed by atoms with Crippen molar-refractivity contribution in [3.05, 3.63) is 52.9 Å². The van der Waals surface area contributed by atoms with Gasteiger partial charge in [0.1, 0.15) is 5.76 Å². The molecule has 5 heteroatoms. The minimum Gasteiger partial charge on any atom is -0.467 e. The Morgan fingerprint density at radius 3 is 3.05 bits per heavy atom. The zero-order chi connectivity index (χ0) is 13.7. The standard InChI is InChI=1S/C14H16N2O2S/c1-3-6-16(9-13-5-4-7-18-13)14(17)8-12-10-19-11(2)15-12/h3-5,7,10H,1,6,8-9H2,2H3. The van der Waals surface area contributed by atoms with Crippen molar-refractivity contribution in [3.8, 4) is 0 Å². The maximum Gasteiger partial charge on any atom is 0.229 e. The molecule has 0 saturated carbocycles. The molecular formula is C14H16N2O2S. The van der Waals surface area contributed by atoms with Crippen molar-refractivity contribution in [1.29, 1.82) is 0 Å². The first-order valence-corrected chi connectivity index (χ1v) is 6.89. The molecule has 0 bridgehead atoms. The molecule has 0 aliphatic heterocycles. The molecule has 0 radical (unpaired) electrons. The van der Waals surface area contributed by atoms with Gasteiger partial charge in [-0.2, -0.15) is 0 Å². The summed E-state index contributed by atoms with van der Waals surface area (Å²) in [6.07, 6.45) is 3.64. The Morgan fingerprint density at radius 1 is 1.63 bits per heavy atom. The molecule has 100 valence electrons. The molecule has 1 amide bonds. The molecule has 4 nitrogen and oxygen atoms in total. The number of carbonyl (C=O) groups excluding carboxylic acids is 1. The molecule has 2 aromatic heterocycles. The van der Waals surface area contributed by atoms with Crippen LogP contribution in [0.4, 0.5) is 0 Å². The number of aryl methyl sites for hydroxylation is 1. The maximum absolute atomic E-state index is 12.2. The van der Waals surface area contributed by atoms with Crippen molar-refractivity contribution in [2.75, 3.05) is 6.54 Å². The van der Waals surface area contributed by atoms with Gasteiger partial charge in [-0.25, -0.2) is 4.98 Å². The molecule has 2 heterocycles. The highest BCUT2D eigenvalue weighted by Crippen LogP contribution is 2.11. The molecule has 0 atom stereocenters. The van der Waals surface area contributed by atoms with Gasteiger partial charge in [-0.15, -0.1) is 17.9 Å². The van der Waals surface area contributed by atoms with Crippen LogP contribution in [0.5, 0.6) is 0 Å². The SMILES string of the molecule is C=CCN(Cc1ccco1)C(=O)Cc1csc(C)n1. The first-order valence-electron chi connectivity index (χ1n) is 6.01. The fourth-order valence-corrected chi connectivity index (χ4v) is 2.37. The summed E-state index contributed by atoms with van der Waals surface area (Å²) in [6.45, 7) is 6.58. The molecule has 2 aromatic rings. The summed E-state index contributed by atoms with van der Waals surface area (Å²) in [7, 11) is 0. The second kappa shape index (κ2) is 6.33. The molecule has 0 fully saturated rings. The van der Waals surface area contributed by atoms with Crippen molar-refractivity contribution >= 4 is 17.2 Å². The van der Waals surface area contributed by atoms with Crippen molar-refractivity contribution in [2.24, 2.45) is 0 Å². The molecular weight excluding hydrogens is 260 g/mol. The van der Waals surface area contributed by atoms with Gasteiger partial charge in [0, 0.05) is 11.9 Å². The van der Waals surface area contributed by atoms with E-state index >= 15 is 0 Å². The van der Waals surface area contributed by atoms with E-state index in [0.29, 0.717) is 19.5 Å². The lowest BCUT2D eigenvalue weighted by molar-refractivity contribution is -0.130. The van der Waals surface area contributed by atoms with Gasteiger partial charge in [0.2, 0.25) is 5.91 Å². The van der Waals surface area contributed by atoms with E-state index in [1.807, 2.05) is 24.4 Å².